The Bertz CT molecular complexity index is 919. The monoisotopic (exact) mass is 410 g/mol. The maximum absolute atomic E-state index is 12.4. The molecule has 29 heavy (non-hydrogen) atoms. The summed E-state index contributed by atoms with van der Waals surface area (Å²) in [4.78, 5) is 15.4. The van der Waals surface area contributed by atoms with Gasteiger partial charge in [-0.2, -0.15) is 0 Å². The highest BCUT2D eigenvalue weighted by atomic mass is 32.1. The molecule has 1 aromatic carbocycles. The number of amides is 1. The average Bonchev–Trinajstić information content (AvgIpc) is 3.30. The molecule has 4 rings (SSSR count). The Kier molecular flexibility index (Phi) is 6.14. The highest BCUT2D eigenvalue weighted by molar-refractivity contribution is 7.10. The number of nitrogens with one attached hydrogen (secondary N) is 1. The van der Waals surface area contributed by atoms with E-state index in [0.717, 1.165) is 4.88 Å². The van der Waals surface area contributed by atoms with Crippen LogP contribution in [0.5, 0.6) is 0 Å². The van der Waals surface area contributed by atoms with Gasteiger partial charge < -0.3 is 20.1 Å². The van der Waals surface area contributed by atoms with Crippen molar-refractivity contribution < 1.29 is 14.6 Å². The van der Waals surface area contributed by atoms with Gasteiger partial charge in [0.1, 0.15) is 0 Å². The van der Waals surface area contributed by atoms with Crippen molar-refractivity contribution >= 4 is 28.7 Å². The molecule has 0 bridgehead atoms. The van der Waals surface area contributed by atoms with E-state index in [1.807, 2.05) is 47.8 Å². The summed E-state index contributed by atoms with van der Waals surface area (Å²) in [6.07, 6.45) is -0.00795. The molecule has 0 aliphatic carbocycles. The zero-order valence-corrected chi connectivity index (χ0v) is 16.6. The number of anilines is 2. The fourth-order valence-electron chi connectivity index (χ4n) is 3.32. The molecule has 1 aliphatic rings. The number of benzene rings is 1. The van der Waals surface area contributed by atoms with Crippen LogP contribution >= 0.6 is 11.3 Å². The Morgan fingerprint density at radius 1 is 1.21 bits per heavy atom. The van der Waals surface area contributed by atoms with Gasteiger partial charge in [0, 0.05) is 23.5 Å². The summed E-state index contributed by atoms with van der Waals surface area (Å²) in [6.45, 7) is 1.76. The number of carbonyl (C=O) groups excluding carboxylic acids is 1. The van der Waals surface area contributed by atoms with Gasteiger partial charge in [-0.1, -0.05) is 24.3 Å². The Labute approximate surface area is 173 Å². The zero-order chi connectivity index (χ0) is 20.1. The summed E-state index contributed by atoms with van der Waals surface area (Å²) < 4.78 is 5.62. The van der Waals surface area contributed by atoms with E-state index in [-0.39, 0.29) is 17.6 Å². The third-order valence-electron chi connectivity index (χ3n) is 4.80. The van der Waals surface area contributed by atoms with Gasteiger partial charge in [0.15, 0.2) is 11.5 Å². The first kappa shape index (κ1) is 19.5. The standard InChI is InChI=1S/C21H22N4O3S/c26-18(19-7-4-12-29-19)13-16-14-28-11-10-25(16)20-9-8-17(23-24-20)21(27)22-15-5-2-1-3-6-15/h1-9,12,16,18,26H,10-11,13-14H2,(H,22,27). The predicted octanol–water partition coefficient (Wildman–Crippen LogP) is 3.12. The number of rotatable bonds is 6. The number of ether oxygens (including phenoxy) is 1. The fourth-order valence-corrected chi connectivity index (χ4v) is 4.05. The van der Waals surface area contributed by atoms with Crippen molar-refractivity contribution in [3.63, 3.8) is 0 Å². The molecule has 1 saturated heterocycles. The molecule has 0 spiro atoms. The number of hydrogen-bond acceptors (Lipinski definition) is 7. The van der Waals surface area contributed by atoms with Gasteiger partial charge in [-0.3, -0.25) is 4.79 Å². The number of nitrogens with zero attached hydrogens (tertiary/aromatic N) is 3. The van der Waals surface area contributed by atoms with Crippen molar-refractivity contribution in [3.8, 4) is 0 Å². The average molecular weight is 410 g/mol. The molecule has 3 heterocycles. The van der Waals surface area contributed by atoms with E-state index in [4.69, 9.17) is 4.74 Å². The summed E-state index contributed by atoms with van der Waals surface area (Å²) in [5, 5.41) is 23.7. The van der Waals surface area contributed by atoms with Gasteiger partial charge in [0.25, 0.3) is 5.91 Å². The van der Waals surface area contributed by atoms with Crippen LogP contribution in [-0.4, -0.2) is 47.0 Å². The Morgan fingerprint density at radius 3 is 2.79 bits per heavy atom. The highest BCUT2D eigenvalue weighted by Crippen LogP contribution is 2.27. The van der Waals surface area contributed by atoms with E-state index in [9.17, 15) is 9.90 Å². The molecule has 0 radical (unpaired) electrons. The zero-order valence-electron chi connectivity index (χ0n) is 15.8. The van der Waals surface area contributed by atoms with Crippen molar-refractivity contribution in [2.24, 2.45) is 0 Å². The molecule has 150 valence electrons. The van der Waals surface area contributed by atoms with Crippen LogP contribution in [0.25, 0.3) is 0 Å². The molecule has 3 aromatic rings. The third kappa shape index (κ3) is 4.79. The number of morpholine rings is 1. The number of para-hydroxylation sites is 1. The van der Waals surface area contributed by atoms with Crippen LogP contribution in [0.1, 0.15) is 27.9 Å². The van der Waals surface area contributed by atoms with E-state index >= 15 is 0 Å². The minimum absolute atomic E-state index is 0.0147. The first-order valence-electron chi connectivity index (χ1n) is 9.46. The second-order valence-corrected chi connectivity index (χ2v) is 7.77. The van der Waals surface area contributed by atoms with Gasteiger partial charge in [-0.15, -0.1) is 21.5 Å². The van der Waals surface area contributed by atoms with Crippen LogP contribution < -0.4 is 10.2 Å². The highest BCUT2D eigenvalue weighted by Gasteiger charge is 2.28. The summed E-state index contributed by atoms with van der Waals surface area (Å²) in [6, 6.07) is 16.5. The van der Waals surface area contributed by atoms with E-state index in [0.29, 0.717) is 37.7 Å². The molecule has 2 aromatic heterocycles. The summed E-state index contributed by atoms with van der Waals surface area (Å²) in [5.74, 6) is 0.370. The molecule has 1 aliphatic heterocycles. The minimum Gasteiger partial charge on any atom is -0.387 e. The lowest BCUT2D eigenvalue weighted by atomic mass is 10.1. The maximum Gasteiger partial charge on any atom is 0.276 e. The minimum atomic E-state index is -0.548. The lowest BCUT2D eigenvalue weighted by Gasteiger charge is -2.37. The maximum atomic E-state index is 12.4. The number of aliphatic hydroxyl groups is 1. The van der Waals surface area contributed by atoms with Crippen molar-refractivity contribution in [2.75, 3.05) is 30.0 Å². The number of carbonyl (C=O) groups is 1. The van der Waals surface area contributed by atoms with Crippen LogP contribution in [0.2, 0.25) is 0 Å². The van der Waals surface area contributed by atoms with Crippen molar-refractivity contribution in [1.82, 2.24) is 10.2 Å². The Morgan fingerprint density at radius 2 is 2.07 bits per heavy atom. The second-order valence-electron chi connectivity index (χ2n) is 6.79. The topological polar surface area (TPSA) is 87.6 Å². The van der Waals surface area contributed by atoms with Crippen molar-refractivity contribution in [2.45, 2.75) is 18.6 Å². The molecule has 2 unspecified atom stereocenters. The molecule has 2 N–H and O–H groups in total. The third-order valence-corrected chi connectivity index (χ3v) is 5.78. The van der Waals surface area contributed by atoms with Crippen LogP contribution in [0.4, 0.5) is 11.5 Å². The van der Waals surface area contributed by atoms with Gasteiger partial charge in [-0.05, 0) is 35.7 Å². The van der Waals surface area contributed by atoms with Crippen LogP contribution in [-0.2, 0) is 4.74 Å². The van der Waals surface area contributed by atoms with Gasteiger partial charge in [0.05, 0.1) is 25.4 Å². The number of aliphatic hydroxyl groups excluding tert-OH is 1. The lowest BCUT2D eigenvalue weighted by molar-refractivity contribution is 0.0683. The molecule has 0 saturated carbocycles. The van der Waals surface area contributed by atoms with Crippen LogP contribution in [0.3, 0.4) is 0 Å². The smallest absolute Gasteiger partial charge is 0.276 e. The molecule has 2 atom stereocenters. The SMILES string of the molecule is O=C(Nc1ccccc1)c1ccc(N2CCOCC2CC(O)c2cccs2)nn1. The quantitative estimate of drug-likeness (QED) is 0.649. The first-order chi connectivity index (χ1) is 14.2. The Balaban J connectivity index is 1.44. The second kappa shape index (κ2) is 9.13. The van der Waals surface area contributed by atoms with Gasteiger partial charge in [-0.25, -0.2) is 0 Å². The van der Waals surface area contributed by atoms with E-state index in [1.165, 1.54) is 0 Å². The van der Waals surface area contributed by atoms with Crippen LogP contribution in [0, 0.1) is 0 Å². The van der Waals surface area contributed by atoms with Gasteiger partial charge in [0.2, 0.25) is 0 Å². The van der Waals surface area contributed by atoms with E-state index in [2.05, 4.69) is 20.4 Å². The normalized spacial score (nSPS) is 17.7. The summed E-state index contributed by atoms with van der Waals surface area (Å²) >= 11 is 1.54. The summed E-state index contributed by atoms with van der Waals surface area (Å²) in [7, 11) is 0. The lowest BCUT2D eigenvalue weighted by Crippen LogP contribution is -2.46. The van der Waals surface area contributed by atoms with Crippen molar-refractivity contribution in [3.05, 3.63) is 70.5 Å². The van der Waals surface area contributed by atoms with E-state index < -0.39 is 6.10 Å². The van der Waals surface area contributed by atoms with Crippen LogP contribution in [0.15, 0.2) is 60.0 Å². The van der Waals surface area contributed by atoms with Crippen molar-refractivity contribution in [1.29, 1.82) is 0 Å². The molecular weight excluding hydrogens is 388 g/mol. The van der Waals surface area contributed by atoms with E-state index in [1.54, 1.807) is 23.5 Å². The number of aromatic nitrogens is 2. The molecule has 1 fully saturated rings. The predicted molar refractivity (Wildman–Crippen MR) is 112 cm³/mol. The first-order valence-corrected chi connectivity index (χ1v) is 10.3. The number of thiophene rings is 1. The number of hydrogen-bond donors (Lipinski definition) is 2. The molecular formula is C21H22N4O3S. The largest absolute Gasteiger partial charge is 0.387 e. The van der Waals surface area contributed by atoms with Gasteiger partial charge >= 0.3 is 0 Å². The molecule has 8 heteroatoms. The fraction of sp³-hybridized carbons (Fsp3) is 0.286. The summed E-state index contributed by atoms with van der Waals surface area (Å²) in [5.41, 5.74) is 0.959. The molecule has 1 amide bonds. The Hall–Kier alpha value is -2.81. The molecule has 7 nitrogen and oxygen atoms in total.